The van der Waals surface area contributed by atoms with Gasteiger partial charge in [0, 0.05) is 55.2 Å². The molecule has 6 heteroatoms. The molecule has 0 atom stereocenters. The van der Waals surface area contributed by atoms with Crippen LogP contribution in [0.5, 0.6) is 0 Å². The summed E-state index contributed by atoms with van der Waals surface area (Å²) < 4.78 is 5.44. The topological polar surface area (TPSA) is 61.2 Å². The maximum absolute atomic E-state index is 5.44. The van der Waals surface area contributed by atoms with E-state index in [-0.39, 0.29) is 0 Å². The summed E-state index contributed by atoms with van der Waals surface area (Å²) >= 11 is 0. The van der Waals surface area contributed by atoms with Crippen molar-refractivity contribution in [3.8, 4) is 22.6 Å². The first kappa shape index (κ1) is 17.9. The number of anilines is 1. The van der Waals surface area contributed by atoms with Gasteiger partial charge in [-0.25, -0.2) is 9.97 Å². The predicted octanol–water partition coefficient (Wildman–Crippen LogP) is 4.05. The minimum Gasteiger partial charge on any atom is -0.444 e. The number of nitrogens with zero attached hydrogens (tertiary/aromatic N) is 4. The van der Waals surface area contributed by atoms with Crippen LogP contribution in [-0.4, -0.2) is 53.1 Å². The van der Waals surface area contributed by atoms with Crippen LogP contribution in [0.4, 0.5) is 5.69 Å². The fourth-order valence-corrected chi connectivity index (χ4v) is 4.31. The van der Waals surface area contributed by atoms with Gasteiger partial charge in [-0.15, -0.1) is 0 Å². The molecular weight excluding hydrogens is 362 g/mol. The van der Waals surface area contributed by atoms with Crippen molar-refractivity contribution in [2.75, 3.05) is 38.1 Å². The smallest absolute Gasteiger partial charge is 0.228 e. The first-order valence-electron chi connectivity index (χ1n) is 9.94. The van der Waals surface area contributed by atoms with E-state index in [1.807, 2.05) is 12.4 Å². The Labute approximate surface area is 170 Å². The standard InChI is InChI=1S/C23H24N5O/c1-15-10-17(11-16(2)21(15)28-7-5-27(3)6-8-28)18-12-19-20(23-24-4-9-29-23)14-26-22(19)25-13-18/h9-14H,5-8H2,1-3H3,(H,25,26). The molecule has 1 fully saturated rings. The van der Waals surface area contributed by atoms with Crippen molar-refractivity contribution in [2.45, 2.75) is 13.8 Å². The van der Waals surface area contributed by atoms with E-state index in [1.165, 1.54) is 28.6 Å². The molecule has 147 valence electrons. The van der Waals surface area contributed by atoms with Gasteiger partial charge in [0.1, 0.15) is 18.1 Å². The average molecular weight is 386 g/mol. The molecule has 0 spiro atoms. The van der Waals surface area contributed by atoms with Crippen LogP contribution >= 0.6 is 0 Å². The Balaban J connectivity index is 1.54. The molecule has 29 heavy (non-hydrogen) atoms. The molecule has 1 radical (unpaired) electrons. The van der Waals surface area contributed by atoms with Crippen LogP contribution in [-0.2, 0) is 0 Å². The Morgan fingerprint density at radius 1 is 1.03 bits per heavy atom. The Morgan fingerprint density at radius 2 is 1.79 bits per heavy atom. The molecule has 1 aliphatic heterocycles. The highest BCUT2D eigenvalue weighted by atomic mass is 16.3. The van der Waals surface area contributed by atoms with Crippen LogP contribution in [0.2, 0.25) is 0 Å². The van der Waals surface area contributed by atoms with E-state index in [0.29, 0.717) is 5.89 Å². The number of benzene rings is 1. The van der Waals surface area contributed by atoms with Crippen LogP contribution < -0.4 is 4.90 Å². The van der Waals surface area contributed by atoms with Gasteiger partial charge >= 0.3 is 0 Å². The Bertz CT molecular complexity index is 1130. The highest BCUT2D eigenvalue weighted by molar-refractivity contribution is 5.94. The molecule has 0 saturated carbocycles. The zero-order chi connectivity index (χ0) is 20.0. The molecule has 0 unspecified atom stereocenters. The maximum Gasteiger partial charge on any atom is 0.228 e. The van der Waals surface area contributed by atoms with Gasteiger partial charge in [0.2, 0.25) is 5.89 Å². The van der Waals surface area contributed by atoms with E-state index in [0.717, 1.165) is 48.3 Å². The number of pyridine rings is 1. The summed E-state index contributed by atoms with van der Waals surface area (Å²) in [6, 6.07) is 6.70. The zero-order valence-corrected chi connectivity index (χ0v) is 17.0. The number of piperazine rings is 1. The number of oxazole rings is 1. The third-order valence-electron chi connectivity index (χ3n) is 5.79. The van der Waals surface area contributed by atoms with Crippen LogP contribution in [0, 0.1) is 20.0 Å². The Kier molecular flexibility index (Phi) is 4.36. The lowest BCUT2D eigenvalue weighted by atomic mass is 9.98. The number of hydrogen-bond donors (Lipinski definition) is 1. The fraction of sp³-hybridized carbons (Fsp3) is 0.304. The molecule has 1 N–H and O–H groups in total. The van der Waals surface area contributed by atoms with Crippen LogP contribution in [0.15, 0.2) is 41.3 Å². The van der Waals surface area contributed by atoms with E-state index in [1.54, 1.807) is 0 Å². The quantitative estimate of drug-likeness (QED) is 0.575. The summed E-state index contributed by atoms with van der Waals surface area (Å²) in [5, 5.41) is 0.997. The van der Waals surface area contributed by atoms with Gasteiger partial charge in [-0.2, -0.15) is 0 Å². The lowest BCUT2D eigenvalue weighted by molar-refractivity contribution is 0.312. The molecule has 0 amide bonds. The predicted molar refractivity (Wildman–Crippen MR) is 115 cm³/mol. The largest absolute Gasteiger partial charge is 0.444 e. The number of likely N-dealkylation sites (N-methyl/N-ethyl adjacent to an activating group) is 1. The highest BCUT2D eigenvalue weighted by Gasteiger charge is 2.19. The number of nitrogens with one attached hydrogen (secondary N) is 1. The van der Waals surface area contributed by atoms with Crippen molar-refractivity contribution in [1.29, 1.82) is 0 Å². The summed E-state index contributed by atoms with van der Waals surface area (Å²) in [6.45, 7) is 8.78. The summed E-state index contributed by atoms with van der Waals surface area (Å²) in [7, 11) is 2.19. The molecular formula is C23H24N5O. The molecule has 3 aromatic heterocycles. The minimum absolute atomic E-state index is 0.549. The number of hydrogen-bond acceptors (Lipinski definition) is 5. The SMILES string of the molecule is Cc1cc(-c2cnc3[nH]cc(-c4n[c]co4)c3c2)cc(C)c1N1CCN(C)CC1. The average Bonchev–Trinajstić information content (AvgIpc) is 3.37. The van der Waals surface area contributed by atoms with Crippen molar-refractivity contribution < 1.29 is 4.42 Å². The van der Waals surface area contributed by atoms with E-state index in [2.05, 4.69) is 70.0 Å². The third kappa shape index (κ3) is 3.19. The second-order valence-corrected chi connectivity index (χ2v) is 7.85. The number of H-pyrrole nitrogens is 1. The third-order valence-corrected chi connectivity index (χ3v) is 5.79. The van der Waals surface area contributed by atoms with Crippen molar-refractivity contribution in [1.82, 2.24) is 19.9 Å². The van der Waals surface area contributed by atoms with Gasteiger partial charge < -0.3 is 19.2 Å². The summed E-state index contributed by atoms with van der Waals surface area (Å²) in [5.41, 5.74) is 7.97. The fourth-order valence-electron chi connectivity index (χ4n) is 4.31. The van der Waals surface area contributed by atoms with Gasteiger partial charge in [-0.05, 0) is 55.8 Å². The van der Waals surface area contributed by atoms with E-state index < -0.39 is 0 Å². The highest BCUT2D eigenvalue weighted by Crippen LogP contribution is 2.34. The first-order chi connectivity index (χ1) is 14.1. The molecule has 4 aromatic rings. The van der Waals surface area contributed by atoms with Crippen molar-refractivity contribution in [2.24, 2.45) is 0 Å². The molecule has 1 aliphatic rings. The van der Waals surface area contributed by atoms with Crippen LogP contribution in [0.1, 0.15) is 11.1 Å². The summed E-state index contributed by atoms with van der Waals surface area (Å²) in [4.78, 5) is 16.9. The van der Waals surface area contributed by atoms with E-state index in [4.69, 9.17) is 4.42 Å². The number of aromatic nitrogens is 3. The van der Waals surface area contributed by atoms with Crippen molar-refractivity contribution >= 4 is 16.7 Å². The number of aromatic amines is 1. The lowest BCUT2D eigenvalue weighted by Crippen LogP contribution is -2.45. The van der Waals surface area contributed by atoms with Gasteiger partial charge in [0.25, 0.3) is 0 Å². The monoisotopic (exact) mass is 386 g/mol. The minimum atomic E-state index is 0.549. The molecule has 0 bridgehead atoms. The molecule has 1 aromatic carbocycles. The van der Waals surface area contributed by atoms with E-state index in [9.17, 15) is 0 Å². The molecule has 1 saturated heterocycles. The maximum atomic E-state index is 5.44. The Hall–Kier alpha value is -3.12. The number of fused-ring (bicyclic) bond motifs is 1. The summed E-state index contributed by atoms with van der Waals surface area (Å²) in [5.74, 6) is 0.549. The van der Waals surface area contributed by atoms with Gasteiger partial charge in [0.15, 0.2) is 0 Å². The second kappa shape index (κ2) is 7.04. The zero-order valence-electron chi connectivity index (χ0n) is 17.0. The second-order valence-electron chi connectivity index (χ2n) is 7.85. The first-order valence-corrected chi connectivity index (χ1v) is 9.94. The van der Waals surface area contributed by atoms with Crippen LogP contribution in [0.25, 0.3) is 33.6 Å². The summed E-state index contributed by atoms with van der Waals surface area (Å²) in [6.07, 6.45) is 8.00. The molecule has 5 rings (SSSR count). The van der Waals surface area contributed by atoms with Crippen LogP contribution in [0.3, 0.4) is 0 Å². The number of aryl methyl sites for hydroxylation is 2. The van der Waals surface area contributed by atoms with Gasteiger partial charge in [0.05, 0.1) is 5.56 Å². The van der Waals surface area contributed by atoms with Crippen molar-refractivity contribution in [3.05, 3.63) is 54.2 Å². The molecule has 6 nitrogen and oxygen atoms in total. The van der Waals surface area contributed by atoms with E-state index >= 15 is 0 Å². The number of rotatable bonds is 3. The van der Waals surface area contributed by atoms with Gasteiger partial charge in [-0.1, -0.05) is 0 Å². The molecule has 4 heterocycles. The van der Waals surface area contributed by atoms with Gasteiger partial charge in [-0.3, -0.25) is 0 Å². The lowest BCUT2D eigenvalue weighted by Gasteiger charge is -2.36. The molecule has 0 aliphatic carbocycles. The Morgan fingerprint density at radius 3 is 2.48 bits per heavy atom. The van der Waals surface area contributed by atoms with Crippen molar-refractivity contribution in [3.63, 3.8) is 0 Å². The normalized spacial score (nSPS) is 15.3.